The van der Waals surface area contributed by atoms with Gasteiger partial charge in [0.15, 0.2) is 11.5 Å². The molecule has 0 heterocycles. The minimum atomic E-state index is -1.01. The van der Waals surface area contributed by atoms with Crippen molar-refractivity contribution in [2.24, 2.45) is 0 Å². The number of carbonyl (C=O) groups is 2. The minimum Gasteiger partial charge on any atom is -0.493 e. The van der Waals surface area contributed by atoms with Crippen molar-refractivity contribution in [3.8, 4) is 11.5 Å². The number of hydrogen-bond donors (Lipinski definition) is 3. The molecule has 2 aromatic rings. The second kappa shape index (κ2) is 8.58. The number of anilines is 1. The van der Waals surface area contributed by atoms with Gasteiger partial charge >= 0.3 is 12.0 Å². The van der Waals surface area contributed by atoms with Gasteiger partial charge in [0.05, 0.1) is 19.8 Å². The zero-order chi connectivity index (χ0) is 18.2. The monoisotopic (exact) mass is 344 g/mol. The summed E-state index contributed by atoms with van der Waals surface area (Å²) in [6.07, 6.45) is 0.631. The first-order chi connectivity index (χ1) is 12.0. The fourth-order valence-corrected chi connectivity index (χ4v) is 2.23. The van der Waals surface area contributed by atoms with Gasteiger partial charge in [-0.3, -0.25) is 0 Å². The van der Waals surface area contributed by atoms with E-state index in [-0.39, 0.29) is 11.6 Å². The van der Waals surface area contributed by atoms with Crippen molar-refractivity contribution in [1.29, 1.82) is 0 Å². The highest BCUT2D eigenvalue weighted by Gasteiger charge is 2.06. The van der Waals surface area contributed by atoms with E-state index in [0.29, 0.717) is 30.2 Å². The first-order valence-corrected chi connectivity index (χ1v) is 7.62. The highest BCUT2D eigenvalue weighted by Crippen LogP contribution is 2.27. The largest absolute Gasteiger partial charge is 0.493 e. The summed E-state index contributed by atoms with van der Waals surface area (Å²) in [4.78, 5) is 22.6. The van der Waals surface area contributed by atoms with Crippen LogP contribution in [0.15, 0.2) is 42.5 Å². The molecule has 0 aliphatic heterocycles. The number of carbonyl (C=O) groups excluding carboxylic acids is 1. The molecule has 25 heavy (non-hydrogen) atoms. The van der Waals surface area contributed by atoms with E-state index in [0.717, 1.165) is 5.56 Å². The average molecular weight is 344 g/mol. The van der Waals surface area contributed by atoms with Crippen molar-refractivity contribution in [2.45, 2.75) is 6.42 Å². The van der Waals surface area contributed by atoms with Gasteiger partial charge in [0.1, 0.15) is 0 Å². The van der Waals surface area contributed by atoms with E-state index in [4.69, 9.17) is 14.6 Å². The molecule has 2 rings (SSSR count). The molecule has 0 saturated heterocycles. The molecule has 0 saturated carbocycles. The predicted octanol–water partition coefficient (Wildman–Crippen LogP) is 2.77. The van der Waals surface area contributed by atoms with Crippen LogP contribution in [0.2, 0.25) is 0 Å². The first-order valence-electron chi connectivity index (χ1n) is 7.62. The Morgan fingerprint density at radius 3 is 2.28 bits per heavy atom. The third kappa shape index (κ3) is 5.13. The Morgan fingerprint density at radius 2 is 1.68 bits per heavy atom. The third-order valence-electron chi connectivity index (χ3n) is 3.54. The Labute approximate surface area is 145 Å². The highest BCUT2D eigenvalue weighted by molar-refractivity contribution is 5.91. The van der Waals surface area contributed by atoms with Crippen molar-refractivity contribution in [1.82, 2.24) is 5.32 Å². The Bertz CT molecular complexity index is 744. The van der Waals surface area contributed by atoms with E-state index >= 15 is 0 Å². The Balaban J connectivity index is 1.83. The summed E-state index contributed by atoms with van der Waals surface area (Å²) in [6, 6.07) is 11.2. The molecule has 7 nitrogen and oxygen atoms in total. The molecular weight excluding hydrogens is 324 g/mol. The van der Waals surface area contributed by atoms with Crippen LogP contribution in [0, 0.1) is 0 Å². The van der Waals surface area contributed by atoms with Crippen molar-refractivity contribution in [2.75, 3.05) is 26.1 Å². The van der Waals surface area contributed by atoms with E-state index < -0.39 is 5.97 Å². The van der Waals surface area contributed by atoms with Gasteiger partial charge in [0.2, 0.25) is 0 Å². The number of urea groups is 1. The Kier molecular flexibility index (Phi) is 6.22. The molecule has 0 spiro atoms. The van der Waals surface area contributed by atoms with Gasteiger partial charge in [-0.2, -0.15) is 0 Å². The molecule has 0 aliphatic rings. The summed E-state index contributed by atoms with van der Waals surface area (Å²) in [7, 11) is 3.15. The lowest BCUT2D eigenvalue weighted by molar-refractivity contribution is 0.0697. The van der Waals surface area contributed by atoms with Gasteiger partial charge in [-0.05, 0) is 48.4 Å². The summed E-state index contributed by atoms with van der Waals surface area (Å²) in [5, 5.41) is 14.2. The molecule has 0 unspecified atom stereocenters. The van der Waals surface area contributed by atoms with Crippen molar-refractivity contribution in [3.63, 3.8) is 0 Å². The molecule has 0 atom stereocenters. The Hall–Kier alpha value is -3.22. The zero-order valence-electron chi connectivity index (χ0n) is 14.0. The smallest absolute Gasteiger partial charge is 0.335 e. The van der Waals surface area contributed by atoms with Crippen LogP contribution >= 0.6 is 0 Å². The van der Waals surface area contributed by atoms with Gasteiger partial charge < -0.3 is 25.2 Å². The number of methoxy groups -OCH3 is 2. The van der Waals surface area contributed by atoms with Crippen molar-refractivity contribution >= 4 is 17.7 Å². The van der Waals surface area contributed by atoms with Crippen LogP contribution in [0.3, 0.4) is 0 Å². The van der Waals surface area contributed by atoms with Crippen LogP contribution in [0.25, 0.3) is 0 Å². The van der Waals surface area contributed by atoms with Crippen molar-refractivity contribution < 1.29 is 24.2 Å². The lowest BCUT2D eigenvalue weighted by atomic mass is 10.1. The molecule has 0 aliphatic carbocycles. The number of carboxylic acid groups (broad SMARTS) is 1. The number of benzene rings is 2. The quantitative estimate of drug-likeness (QED) is 0.718. The van der Waals surface area contributed by atoms with Crippen LogP contribution in [0.5, 0.6) is 11.5 Å². The average Bonchev–Trinajstić information content (AvgIpc) is 2.62. The van der Waals surface area contributed by atoms with Crippen LogP contribution < -0.4 is 20.1 Å². The van der Waals surface area contributed by atoms with Crippen LogP contribution in [0.1, 0.15) is 15.9 Å². The van der Waals surface area contributed by atoms with E-state index in [1.54, 1.807) is 14.2 Å². The zero-order valence-corrected chi connectivity index (χ0v) is 14.0. The molecule has 3 N–H and O–H groups in total. The molecule has 0 aromatic heterocycles. The normalized spacial score (nSPS) is 10.0. The van der Waals surface area contributed by atoms with Gasteiger partial charge in [0.25, 0.3) is 0 Å². The number of carboxylic acids is 1. The molecule has 7 heteroatoms. The molecule has 0 radical (unpaired) electrons. The van der Waals surface area contributed by atoms with Crippen LogP contribution in [0.4, 0.5) is 10.5 Å². The van der Waals surface area contributed by atoms with Crippen LogP contribution in [-0.4, -0.2) is 37.9 Å². The summed E-state index contributed by atoms with van der Waals surface area (Å²) in [5.41, 5.74) is 1.69. The van der Waals surface area contributed by atoms with Gasteiger partial charge in [-0.1, -0.05) is 6.07 Å². The van der Waals surface area contributed by atoms with E-state index in [2.05, 4.69) is 10.6 Å². The molecule has 0 fully saturated rings. The lowest BCUT2D eigenvalue weighted by Crippen LogP contribution is -2.30. The van der Waals surface area contributed by atoms with Gasteiger partial charge in [0, 0.05) is 12.2 Å². The number of hydrogen-bond acceptors (Lipinski definition) is 4. The maximum absolute atomic E-state index is 11.9. The van der Waals surface area contributed by atoms with Gasteiger partial charge in [-0.15, -0.1) is 0 Å². The highest BCUT2D eigenvalue weighted by atomic mass is 16.5. The summed E-state index contributed by atoms with van der Waals surface area (Å²) >= 11 is 0. The van der Waals surface area contributed by atoms with Crippen LogP contribution in [-0.2, 0) is 6.42 Å². The standard InChI is InChI=1S/C18H20N2O5/c1-24-15-8-3-12(11-16(15)25-2)9-10-19-18(23)20-14-6-4-13(5-7-14)17(21)22/h3-8,11H,9-10H2,1-2H3,(H,21,22)(H2,19,20,23). The van der Waals surface area contributed by atoms with E-state index in [1.165, 1.54) is 24.3 Å². The fourth-order valence-electron chi connectivity index (χ4n) is 2.23. The number of amides is 2. The first kappa shape index (κ1) is 18.1. The number of rotatable bonds is 7. The summed E-state index contributed by atoms with van der Waals surface area (Å²) in [6.45, 7) is 0.439. The molecular formula is C18H20N2O5. The van der Waals surface area contributed by atoms with E-state index in [1.807, 2.05) is 18.2 Å². The maximum atomic E-state index is 11.9. The van der Waals surface area contributed by atoms with Gasteiger partial charge in [-0.25, -0.2) is 9.59 Å². The number of nitrogens with one attached hydrogen (secondary N) is 2. The SMILES string of the molecule is COc1ccc(CCNC(=O)Nc2ccc(C(=O)O)cc2)cc1OC. The molecule has 2 aromatic carbocycles. The number of aromatic carboxylic acids is 1. The second-order valence-electron chi connectivity index (χ2n) is 5.20. The van der Waals surface area contributed by atoms with E-state index in [9.17, 15) is 9.59 Å². The predicted molar refractivity (Wildman–Crippen MR) is 93.7 cm³/mol. The second-order valence-corrected chi connectivity index (χ2v) is 5.20. The Morgan fingerprint density at radius 1 is 1.00 bits per heavy atom. The lowest BCUT2D eigenvalue weighted by Gasteiger charge is -2.10. The molecule has 132 valence electrons. The summed E-state index contributed by atoms with van der Waals surface area (Å²) in [5.74, 6) is 0.288. The molecule has 2 amide bonds. The minimum absolute atomic E-state index is 0.166. The maximum Gasteiger partial charge on any atom is 0.335 e. The third-order valence-corrected chi connectivity index (χ3v) is 3.54. The summed E-state index contributed by atoms with van der Waals surface area (Å²) < 4.78 is 10.4. The number of ether oxygens (including phenoxy) is 2. The fraction of sp³-hybridized carbons (Fsp3) is 0.222. The topological polar surface area (TPSA) is 96.9 Å². The molecule has 0 bridgehead atoms. The van der Waals surface area contributed by atoms with Crippen molar-refractivity contribution in [3.05, 3.63) is 53.6 Å².